The second-order valence-corrected chi connectivity index (χ2v) is 22.1. The van der Waals surface area contributed by atoms with Gasteiger partial charge in [-0.25, -0.2) is 9.97 Å². The Labute approximate surface area is 372 Å². The summed E-state index contributed by atoms with van der Waals surface area (Å²) in [5.41, 5.74) is 5.32. The monoisotopic (exact) mass is 888 g/mol. The Morgan fingerprint density at radius 2 is 1.14 bits per heavy atom. The molecule has 0 radical (unpaired) electrons. The first-order valence-corrected chi connectivity index (χ1v) is 24.4. The van der Waals surface area contributed by atoms with E-state index in [1.165, 1.54) is 12.8 Å². The van der Waals surface area contributed by atoms with Gasteiger partial charge in [-0.1, -0.05) is 20.8 Å². The van der Waals surface area contributed by atoms with E-state index in [1.54, 1.807) is 66.4 Å². The number of hydrogen-bond acceptors (Lipinski definition) is 11. The molecule has 9 rings (SSSR count). The zero-order valence-electron chi connectivity index (χ0n) is 37.5. The van der Waals surface area contributed by atoms with Gasteiger partial charge >= 0.3 is 0 Å². The van der Waals surface area contributed by atoms with Crippen molar-refractivity contribution in [3.05, 3.63) is 96.1 Å². The summed E-state index contributed by atoms with van der Waals surface area (Å²) < 4.78 is 18.4. The quantitative estimate of drug-likeness (QED) is 0.0822. The summed E-state index contributed by atoms with van der Waals surface area (Å²) in [7, 11) is 1.67. The van der Waals surface area contributed by atoms with E-state index in [0.29, 0.717) is 76.6 Å². The molecule has 3 aliphatic heterocycles. The van der Waals surface area contributed by atoms with Gasteiger partial charge in [0.05, 0.1) is 33.7 Å². The lowest BCUT2D eigenvalue weighted by Crippen LogP contribution is -2.41. The summed E-state index contributed by atoms with van der Waals surface area (Å²) in [6.45, 7) is 15.2. The Bertz CT molecular complexity index is 2770. The van der Waals surface area contributed by atoms with Crippen LogP contribution in [0, 0.1) is 0 Å². The van der Waals surface area contributed by atoms with Gasteiger partial charge in [-0.05, 0) is 80.2 Å². The lowest BCUT2D eigenvalue weighted by molar-refractivity contribution is -0.124. The van der Waals surface area contributed by atoms with Gasteiger partial charge in [0.15, 0.2) is 8.32 Å². The van der Waals surface area contributed by atoms with Crippen LogP contribution in [0.2, 0.25) is 18.1 Å². The standard InChI is InChI=1S/C24H31N5O3Si.C18H17N5O3.C4H8O/c1-24(2,3)33(5,6)32-14-8-13-29-15-17(16-9-7-11-25-21(16)29)19-20(23(31)27-22(19)30)18-10-12-26-28(18)4;1-22-13(5-7-20-22)15-14(17(25)21-18(15)26)12-10-23(8-3-9-24)16-11(12)4-2-6-19-16;1-2-4-5-3-1/h7,9-12,15H,8,13-14H2,1-6H3,(H,27,30,31);2,4-7,10,24H,3,8-9H2,1H3,(H,21,25,26);1-4H2. The van der Waals surface area contributed by atoms with Gasteiger partial charge in [0.1, 0.15) is 11.3 Å². The number of nitrogens with zero attached hydrogens (tertiary/aromatic N) is 8. The fraction of sp³-hybridized carbons (Fsp3) is 0.391. The Hall–Kier alpha value is -6.34. The summed E-state index contributed by atoms with van der Waals surface area (Å²) in [4.78, 5) is 59.5. The number of rotatable bonds is 12. The third kappa shape index (κ3) is 9.31. The Morgan fingerprint density at radius 1 is 0.688 bits per heavy atom. The van der Waals surface area contributed by atoms with Crippen LogP contribution in [0.25, 0.3) is 44.4 Å². The van der Waals surface area contributed by atoms with Gasteiger partial charge in [0, 0.05) is 113 Å². The minimum absolute atomic E-state index is 0.0593. The topological polar surface area (TPSA) is 202 Å². The van der Waals surface area contributed by atoms with Crippen molar-refractivity contribution in [3.63, 3.8) is 0 Å². The first-order chi connectivity index (χ1) is 30.6. The molecule has 0 aliphatic carbocycles. The maximum atomic E-state index is 12.9. The van der Waals surface area contributed by atoms with Crippen LogP contribution in [0.1, 0.15) is 69.0 Å². The van der Waals surface area contributed by atoms with E-state index in [9.17, 15) is 19.2 Å². The van der Waals surface area contributed by atoms with E-state index in [0.717, 1.165) is 36.1 Å². The van der Waals surface area contributed by atoms with Crippen LogP contribution in [0.3, 0.4) is 0 Å². The van der Waals surface area contributed by atoms with Gasteiger partial charge in [-0.3, -0.25) is 39.2 Å². The highest BCUT2D eigenvalue weighted by atomic mass is 28.4. The van der Waals surface area contributed by atoms with E-state index in [1.807, 2.05) is 39.7 Å². The molecule has 336 valence electrons. The number of aryl methyl sites for hydroxylation is 4. The van der Waals surface area contributed by atoms with Crippen molar-refractivity contribution in [2.24, 2.45) is 14.1 Å². The average Bonchev–Trinajstić information content (AvgIpc) is 4.14. The molecule has 1 saturated heterocycles. The van der Waals surface area contributed by atoms with Crippen molar-refractivity contribution in [1.82, 2.24) is 49.3 Å². The molecule has 18 heteroatoms. The zero-order valence-corrected chi connectivity index (χ0v) is 38.5. The predicted octanol–water partition coefficient (Wildman–Crippen LogP) is 5.27. The number of imide groups is 2. The van der Waals surface area contributed by atoms with Crippen molar-refractivity contribution < 1.29 is 33.4 Å². The van der Waals surface area contributed by atoms with E-state index in [2.05, 4.69) is 64.7 Å². The summed E-state index contributed by atoms with van der Waals surface area (Å²) >= 11 is 0. The molecule has 0 atom stereocenters. The van der Waals surface area contributed by atoms with Crippen LogP contribution in [0.5, 0.6) is 0 Å². The molecule has 6 aromatic rings. The number of aliphatic hydroxyl groups excluding tert-OH is 1. The molecule has 0 saturated carbocycles. The number of fused-ring (bicyclic) bond motifs is 2. The Kier molecular flexibility index (Phi) is 13.7. The zero-order chi connectivity index (χ0) is 45.8. The van der Waals surface area contributed by atoms with E-state index in [4.69, 9.17) is 14.3 Å². The number of nitrogens with one attached hydrogen (secondary N) is 2. The molecule has 17 nitrogen and oxygen atoms in total. The van der Waals surface area contributed by atoms with Crippen LogP contribution in [0.4, 0.5) is 0 Å². The van der Waals surface area contributed by atoms with E-state index < -0.39 is 31.9 Å². The van der Waals surface area contributed by atoms with Gasteiger partial charge in [0.25, 0.3) is 23.6 Å². The predicted molar refractivity (Wildman–Crippen MR) is 245 cm³/mol. The third-order valence-corrected chi connectivity index (χ3v) is 16.6. The molecule has 1 fully saturated rings. The minimum Gasteiger partial charge on any atom is -0.417 e. The molecule has 0 bridgehead atoms. The maximum absolute atomic E-state index is 12.9. The number of hydrogen-bond donors (Lipinski definition) is 3. The van der Waals surface area contributed by atoms with Crippen LogP contribution in [0.15, 0.2) is 73.6 Å². The molecule has 3 N–H and O–H groups in total. The minimum atomic E-state index is -1.81. The van der Waals surface area contributed by atoms with Crippen LogP contribution in [-0.4, -0.2) is 102 Å². The molecular formula is C46H56N10O7Si. The normalized spacial score (nSPS) is 15.6. The molecule has 0 aromatic carbocycles. The number of carbonyl (C=O) groups is 4. The lowest BCUT2D eigenvalue weighted by atomic mass is 9.99. The van der Waals surface area contributed by atoms with Gasteiger partial charge in [0.2, 0.25) is 0 Å². The van der Waals surface area contributed by atoms with Gasteiger partial charge < -0.3 is 23.4 Å². The number of pyridine rings is 2. The average molecular weight is 889 g/mol. The van der Waals surface area contributed by atoms with Crippen molar-refractivity contribution >= 4 is 76.3 Å². The molecule has 6 aromatic heterocycles. The lowest BCUT2D eigenvalue weighted by Gasteiger charge is -2.36. The fourth-order valence-electron chi connectivity index (χ4n) is 7.67. The van der Waals surface area contributed by atoms with E-state index >= 15 is 0 Å². The highest BCUT2D eigenvalue weighted by molar-refractivity contribution is 6.74. The number of amides is 4. The maximum Gasteiger partial charge on any atom is 0.261 e. The number of ether oxygens (including phenoxy) is 1. The van der Waals surface area contributed by atoms with Crippen molar-refractivity contribution in [2.75, 3.05) is 26.4 Å². The molecule has 4 amide bonds. The van der Waals surface area contributed by atoms with Crippen LogP contribution >= 0.6 is 0 Å². The number of carbonyl (C=O) groups excluding carboxylic acids is 4. The van der Waals surface area contributed by atoms with Gasteiger partial charge in [-0.2, -0.15) is 10.2 Å². The van der Waals surface area contributed by atoms with Gasteiger partial charge in [-0.15, -0.1) is 0 Å². The smallest absolute Gasteiger partial charge is 0.261 e. The second-order valence-electron chi connectivity index (χ2n) is 17.3. The number of aromatic nitrogens is 8. The highest BCUT2D eigenvalue weighted by Crippen LogP contribution is 2.38. The van der Waals surface area contributed by atoms with Crippen molar-refractivity contribution in [1.29, 1.82) is 0 Å². The summed E-state index contributed by atoms with van der Waals surface area (Å²) in [6.07, 6.45) is 14.3. The first kappa shape index (κ1) is 45.7. The van der Waals surface area contributed by atoms with Crippen LogP contribution < -0.4 is 10.6 Å². The van der Waals surface area contributed by atoms with E-state index in [-0.39, 0.29) is 11.6 Å². The molecule has 0 spiro atoms. The molecule has 9 heterocycles. The molecule has 3 aliphatic rings. The molecular weight excluding hydrogens is 833 g/mol. The third-order valence-electron chi connectivity index (χ3n) is 12.0. The van der Waals surface area contributed by atoms with Crippen molar-refractivity contribution in [3.8, 4) is 0 Å². The van der Waals surface area contributed by atoms with Crippen LogP contribution in [-0.2, 0) is 55.5 Å². The number of aliphatic hydroxyl groups is 1. The fourth-order valence-corrected chi connectivity index (χ4v) is 8.75. The summed E-state index contributed by atoms with van der Waals surface area (Å²) in [6, 6.07) is 10.9. The largest absolute Gasteiger partial charge is 0.417 e. The van der Waals surface area contributed by atoms with Crippen molar-refractivity contribution in [2.45, 2.75) is 77.7 Å². The first-order valence-electron chi connectivity index (χ1n) is 21.5. The summed E-state index contributed by atoms with van der Waals surface area (Å²) in [5.74, 6) is -1.68. The SMILES string of the molecule is C1CCOC1.Cn1nccc1C1=C(c2cn(CCCO)c3ncccc23)C(=O)NC1=O.Cn1nccc1C1=C(c2cn(CCCO[Si](C)(C)C(C)(C)C)c3ncccc23)C(=O)NC1=O. The Morgan fingerprint density at radius 3 is 1.53 bits per heavy atom. The summed E-state index contributed by atoms with van der Waals surface area (Å²) in [5, 5.41) is 24.0. The second kappa shape index (κ2) is 19.2. The highest BCUT2D eigenvalue weighted by Gasteiger charge is 2.38. The molecule has 64 heavy (non-hydrogen) atoms. The molecule has 0 unspecified atom stereocenters. The Balaban J connectivity index is 0.000000176.